The Hall–Kier alpha value is -4.46. The maximum Gasteiger partial charge on any atom is 0.337 e. The first-order valence-electron chi connectivity index (χ1n) is 14.7. The Balaban J connectivity index is 1.40. The Kier molecular flexibility index (Phi) is 12.7. The highest BCUT2D eigenvalue weighted by Crippen LogP contribution is 2.38. The number of aliphatic hydroxyl groups is 1. The molecule has 2 atom stereocenters. The fourth-order valence-corrected chi connectivity index (χ4v) is 5.45. The molecule has 0 fully saturated rings. The number of carbonyl (C=O) groups is 2. The summed E-state index contributed by atoms with van der Waals surface area (Å²) in [5, 5.41) is 20.6. The summed E-state index contributed by atoms with van der Waals surface area (Å²) >= 11 is 9.64. The van der Waals surface area contributed by atoms with Crippen LogP contribution in [0.3, 0.4) is 0 Å². The van der Waals surface area contributed by atoms with Crippen LogP contribution in [0.5, 0.6) is 23.0 Å². The number of halogens is 2. The van der Waals surface area contributed by atoms with Crippen LogP contribution in [0.25, 0.3) is 0 Å². The Morgan fingerprint density at radius 1 is 1.06 bits per heavy atom. The number of rotatable bonds is 15. The average molecular weight is 732 g/mol. The summed E-state index contributed by atoms with van der Waals surface area (Å²) in [5.74, 6) is 1.19. The van der Waals surface area contributed by atoms with Crippen molar-refractivity contribution in [3.63, 3.8) is 0 Å². The van der Waals surface area contributed by atoms with Crippen molar-refractivity contribution in [2.75, 3.05) is 26.9 Å². The summed E-state index contributed by atoms with van der Waals surface area (Å²) in [7, 11) is 1.27. The predicted molar refractivity (Wildman–Crippen MR) is 180 cm³/mol. The SMILES string of the molecule is CCOc1cc([C@H]2NC(=O)NC(C)=C2C(=O)OC)ccc1OC[C@@H](O)N/N=C/c1cc(Br)c(OCc2cccc(Cl)c2)c(OCC)c1. The van der Waals surface area contributed by atoms with E-state index in [0.717, 1.165) is 5.56 Å². The van der Waals surface area contributed by atoms with Crippen molar-refractivity contribution in [1.82, 2.24) is 16.1 Å². The first-order chi connectivity index (χ1) is 22.6. The molecule has 1 heterocycles. The Morgan fingerprint density at radius 2 is 1.83 bits per heavy atom. The van der Waals surface area contributed by atoms with E-state index in [4.69, 9.17) is 35.3 Å². The van der Waals surface area contributed by atoms with Gasteiger partial charge in [0.05, 0.1) is 42.6 Å². The molecule has 0 unspecified atom stereocenters. The van der Waals surface area contributed by atoms with E-state index in [9.17, 15) is 14.7 Å². The number of allylic oxidation sites excluding steroid dienone is 1. The van der Waals surface area contributed by atoms with Gasteiger partial charge in [0, 0.05) is 10.7 Å². The van der Waals surface area contributed by atoms with Crippen LogP contribution < -0.4 is 35.0 Å². The van der Waals surface area contributed by atoms with E-state index in [1.807, 2.05) is 38.1 Å². The summed E-state index contributed by atoms with van der Waals surface area (Å²) in [6.45, 7) is 6.19. The lowest BCUT2D eigenvalue weighted by atomic mass is 9.95. The molecule has 14 heteroatoms. The van der Waals surface area contributed by atoms with E-state index in [2.05, 4.69) is 37.1 Å². The van der Waals surface area contributed by atoms with Crippen LogP contribution in [0, 0.1) is 0 Å². The van der Waals surface area contributed by atoms with Crippen molar-refractivity contribution in [1.29, 1.82) is 0 Å². The second kappa shape index (κ2) is 16.9. The van der Waals surface area contributed by atoms with Gasteiger partial charge in [-0.3, -0.25) is 5.43 Å². The first kappa shape index (κ1) is 35.4. The number of aliphatic hydroxyl groups excluding tert-OH is 1. The zero-order valence-corrected chi connectivity index (χ0v) is 28.6. The van der Waals surface area contributed by atoms with E-state index in [0.29, 0.717) is 69.1 Å². The zero-order valence-electron chi connectivity index (χ0n) is 26.3. The minimum Gasteiger partial charge on any atom is -0.490 e. The second-order valence-electron chi connectivity index (χ2n) is 10.1. The predicted octanol–water partition coefficient (Wildman–Crippen LogP) is 5.60. The summed E-state index contributed by atoms with van der Waals surface area (Å²) < 4.78 is 29.0. The van der Waals surface area contributed by atoms with E-state index in [-0.39, 0.29) is 12.2 Å². The zero-order chi connectivity index (χ0) is 33.9. The molecule has 1 aliphatic rings. The number of methoxy groups -OCH3 is 1. The quantitative estimate of drug-likeness (QED) is 0.0679. The van der Waals surface area contributed by atoms with Crippen LogP contribution in [-0.2, 0) is 16.1 Å². The maximum absolute atomic E-state index is 12.5. The van der Waals surface area contributed by atoms with Gasteiger partial charge in [0.1, 0.15) is 13.2 Å². The molecule has 0 saturated carbocycles. The standard InChI is InChI=1S/C33H36BrClN4O8/c1-5-44-26-15-22(30-29(32(41)43-4)19(3)37-33(42)38-30)10-11-25(26)46-18-28(40)39-36-16-21-13-24(34)31(27(14-21)45-6-2)47-17-20-8-7-9-23(35)12-20/h7-16,28,30,39-40H,5-6,17-18H2,1-4H3,(H2,37,38,42)/b36-16+/t28-,30-/m1/s1. The largest absolute Gasteiger partial charge is 0.490 e. The molecule has 0 bridgehead atoms. The van der Waals surface area contributed by atoms with Crippen molar-refractivity contribution < 1.29 is 38.4 Å². The molecule has 2 amide bonds. The highest BCUT2D eigenvalue weighted by atomic mass is 79.9. The third-order valence-corrected chi connectivity index (χ3v) is 7.54. The molecular formula is C33H36BrClN4O8. The molecule has 12 nitrogen and oxygen atoms in total. The van der Waals surface area contributed by atoms with E-state index < -0.39 is 24.3 Å². The molecule has 4 rings (SSSR count). The van der Waals surface area contributed by atoms with Crippen molar-refractivity contribution in [2.24, 2.45) is 5.10 Å². The van der Waals surface area contributed by atoms with E-state index in [1.165, 1.54) is 13.3 Å². The molecule has 250 valence electrons. The number of nitrogens with zero attached hydrogens (tertiary/aromatic N) is 1. The lowest BCUT2D eigenvalue weighted by Crippen LogP contribution is -2.45. The molecule has 4 N–H and O–H groups in total. The van der Waals surface area contributed by atoms with Crippen LogP contribution in [0.1, 0.15) is 43.5 Å². The Morgan fingerprint density at radius 3 is 2.55 bits per heavy atom. The number of carbonyl (C=O) groups excluding carboxylic acids is 2. The normalized spacial score (nSPS) is 15.0. The Bertz CT molecular complexity index is 1650. The number of hydrazone groups is 1. The maximum atomic E-state index is 12.5. The average Bonchev–Trinajstić information content (AvgIpc) is 3.03. The third-order valence-electron chi connectivity index (χ3n) is 6.71. The van der Waals surface area contributed by atoms with Crippen LogP contribution in [0.2, 0.25) is 5.02 Å². The molecule has 47 heavy (non-hydrogen) atoms. The minimum atomic E-state index is -1.17. The van der Waals surface area contributed by atoms with Crippen molar-refractivity contribution in [3.05, 3.63) is 92.1 Å². The lowest BCUT2D eigenvalue weighted by Gasteiger charge is -2.28. The summed E-state index contributed by atoms with van der Waals surface area (Å²) in [5.41, 5.74) is 5.47. The third kappa shape index (κ3) is 9.53. The lowest BCUT2D eigenvalue weighted by molar-refractivity contribution is -0.136. The molecule has 1 aliphatic heterocycles. The van der Waals surface area contributed by atoms with Crippen LogP contribution in [0.4, 0.5) is 4.79 Å². The van der Waals surface area contributed by atoms with Crippen LogP contribution in [0.15, 0.2) is 75.4 Å². The highest BCUT2D eigenvalue weighted by molar-refractivity contribution is 9.10. The van der Waals surface area contributed by atoms with Crippen molar-refractivity contribution in [3.8, 4) is 23.0 Å². The molecule has 3 aromatic rings. The van der Waals surface area contributed by atoms with Gasteiger partial charge >= 0.3 is 12.0 Å². The number of urea groups is 1. The molecule has 0 aromatic heterocycles. The minimum absolute atomic E-state index is 0.169. The first-order valence-corrected chi connectivity index (χ1v) is 15.9. The van der Waals surface area contributed by atoms with Crippen molar-refractivity contribution >= 4 is 45.7 Å². The Labute approximate surface area is 286 Å². The smallest absolute Gasteiger partial charge is 0.337 e. The van der Waals surface area contributed by atoms with Gasteiger partial charge in [0.15, 0.2) is 29.2 Å². The van der Waals surface area contributed by atoms with Gasteiger partial charge in [-0.05, 0) is 89.8 Å². The molecule has 0 saturated heterocycles. The topological polar surface area (TPSA) is 149 Å². The number of ether oxygens (including phenoxy) is 5. The van der Waals surface area contributed by atoms with Gasteiger partial charge in [0.25, 0.3) is 0 Å². The van der Waals surface area contributed by atoms with Gasteiger partial charge in [-0.15, -0.1) is 0 Å². The molecular weight excluding hydrogens is 696 g/mol. The van der Waals surface area contributed by atoms with Gasteiger partial charge in [0.2, 0.25) is 0 Å². The number of benzene rings is 3. The van der Waals surface area contributed by atoms with Crippen LogP contribution >= 0.6 is 27.5 Å². The number of hydrogen-bond acceptors (Lipinski definition) is 10. The molecule has 3 aromatic carbocycles. The van der Waals surface area contributed by atoms with E-state index in [1.54, 1.807) is 37.3 Å². The van der Waals surface area contributed by atoms with Crippen molar-refractivity contribution in [2.45, 2.75) is 39.6 Å². The summed E-state index contributed by atoms with van der Waals surface area (Å²) in [4.78, 5) is 24.6. The molecule has 0 aliphatic carbocycles. The van der Waals surface area contributed by atoms with Gasteiger partial charge in [-0.25, -0.2) is 9.59 Å². The highest BCUT2D eigenvalue weighted by Gasteiger charge is 2.32. The summed E-state index contributed by atoms with van der Waals surface area (Å²) in [6, 6.07) is 14.8. The number of esters is 1. The fraction of sp³-hybridized carbons (Fsp3) is 0.303. The molecule has 0 spiro atoms. The van der Waals surface area contributed by atoms with E-state index >= 15 is 0 Å². The fourth-order valence-electron chi connectivity index (χ4n) is 4.67. The van der Waals surface area contributed by atoms with Gasteiger partial charge < -0.3 is 39.4 Å². The van der Waals surface area contributed by atoms with Crippen LogP contribution in [-0.4, -0.2) is 56.5 Å². The van der Waals surface area contributed by atoms with Gasteiger partial charge in [-0.1, -0.05) is 29.8 Å². The second-order valence-corrected chi connectivity index (χ2v) is 11.4. The summed E-state index contributed by atoms with van der Waals surface area (Å²) in [6.07, 6.45) is 0.357. The monoisotopic (exact) mass is 730 g/mol. The number of amides is 2. The van der Waals surface area contributed by atoms with Gasteiger partial charge in [-0.2, -0.15) is 5.10 Å². The number of hydrogen-bond donors (Lipinski definition) is 4. The number of nitrogens with one attached hydrogen (secondary N) is 3. The molecule has 0 radical (unpaired) electrons.